The minimum absolute atomic E-state index is 0. The summed E-state index contributed by atoms with van der Waals surface area (Å²) in [6.45, 7) is 1.65. The normalized spacial score (nSPS) is 19.4. The van der Waals surface area contributed by atoms with E-state index in [0.29, 0.717) is 5.82 Å². The van der Waals surface area contributed by atoms with Gasteiger partial charge in [0.1, 0.15) is 5.82 Å². The van der Waals surface area contributed by atoms with E-state index in [1.165, 1.54) is 0 Å². The Labute approximate surface area is 114 Å². The summed E-state index contributed by atoms with van der Waals surface area (Å²) in [5.74, 6) is 0.299. The molecule has 1 atom stereocenters. The lowest BCUT2D eigenvalue weighted by molar-refractivity contribution is -0.137. The summed E-state index contributed by atoms with van der Waals surface area (Å²) < 4.78 is 37.1. The third kappa shape index (κ3) is 3.63. The fraction of sp³-hybridized carbons (Fsp3) is 0.500. The van der Waals surface area contributed by atoms with Crippen LogP contribution in [0.5, 0.6) is 0 Å². The standard InChI is InChI=1S/C10H11ClF3N3.ClH/c11-8-3-6(10(12,13)14)4-16-9(8)17-7-1-2-15-5-7;/h3-4,7,15H,1-2,5H2,(H,16,17);1H. The van der Waals surface area contributed by atoms with Crippen molar-refractivity contribution in [2.75, 3.05) is 18.4 Å². The van der Waals surface area contributed by atoms with Crippen LogP contribution in [0.15, 0.2) is 12.3 Å². The van der Waals surface area contributed by atoms with Crippen LogP contribution in [0.4, 0.5) is 19.0 Å². The van der Waals surface area contributed by atoms with Crippen LogP contribution < -0.4 is 10.6 Å². The van der Waals surface area contributed by atoms with E-state index in [9.17, 15) is 13.2 Å². The van der Waals surface area contributed by atoms with Crippen molar-refractivity contribution in [2.24, 2.45) is 0 Å². The highest BCUT2D eigenvalue weighted by Gasteiger charge is 2.31. The number of rotatable bonds is 2. The summed E-state index contributed by atoms with van der Waals surface area (Å²) in [5.41, 5.74) is -0.836. The average Bonchev–Trinajstić information content (AvgIpc) is 2.72. The molecule has 1 fully saturated rings. The summed E-state index contributed by atoms with van der Waals surface area (Å²) >= 11 is 5.77. The molecular formula is C10H12Cl2F3N3. The van der Waals surface area contributed by atoms with Gasteiger partial charge in [-0.2, -0.15) is 13.2 Å². The van der Waals surface area contributed by atoms with Gasteiger partial charge in [-0.1, -0.05) is 11.6 Å². The number of anilines is 1. The molecule has 0 spiro atoms. The second-order valence-electron chi connectivity index (χ2n) is 3.89. The molecule has 3 nitrogen and oxygen atoms in total. The van der Waals surface area contributed by atoms with Gasteiger partial charge < -0.3 is 10.6 Å². The molecular weight excluding hydrogens is 290 g/mol. The topological polar surface area (TPSA) is 37.0 Å². The van der Waals surface area contributed by atoms with Gasteiger partial charge in [0, 0.05) is 18.8 Å². The van der Waals surface area contributed by atoms with Crippen LogP contribution in [0.3, 0.4) is 0 Å². The number of nitrogens with zero attached hydrogens (tertiary/aromatic N) is 1. The molecule has 1 aliphatic rings. The molecule has 0 amide bonds. The second-order valence-corrected chi connectivity index (χ2v) is 4.29. The van der Waals surface area contributed by atoms with Crippen LogP contribution in [0.2, 0.25) is 5.02 Å². The van der Waals surface area contributed by atoms with Crippen LogP contribution in [0, 0.1) is 0 Å². The first-order valence-electron chi connectivity index (χ1n) is 5.17. The van der Waals surface area contributed by atoms with Crippen molar-refractivity contribution < 1.29 is 13.2 Å². The number of halogens is 5. The average molecular weight is 302 g/mol. The Balaban J connectivity index is 0.00000162. The highest BCUT2D eigenvalue weighted by atomic mass is 35.5. The van der Waals surface area contributed by atoms with E-state index in [4.69, 9.17) is 11.6 Å². The van der Waals surface area contributed by atoms with Gasteiger partial charge in [-0.25, -0.2) is 4.98 Å². The Hall–Kier alpha value is -0.720. The third-order valence-corrected chi connectivity index (χ3v) is 2.86. The third-order valence-electron chi connectivity index (χ3n) is 2.57. The molecule has 102 valence electrons. The molecule has 2 rings (SSSR count). The largest absolute Gasteiger partial charge is 0.417 e. The van der Waals surface area contributed by atoms with Gasteiger partial charge in [0.2, 0.25) is 0 Å². The van der Waals surface area contributed by atoms with Gasteiger partial charge >= 0.3 is 6.18 Å². The quantitative estimate of drug-likeness (QED) is 0.882. The molecule has 0 bridgehead atoms. The van der Waals surface area contributed by atoms with Crippen LogP contribution in [0.1, 0.15) is 12.0 Å². The Kier molecular flexibility index (Phi) is 5.07. The van der Waals surface area contributed by atoms with Gasteiger partial charge in [0.05, 0.1) is 10.6 Å². The van der Waals surface area contributed by atoms with E-state index >= 15 is 0 Å². The van der Waals surface area contributed by atoms with Gasteiger partial charge in [-0.3, -0.25) is 0 Å². The van der Waals surface area contributed by atoms with Crippen molar-refractivity contribution in [1.82, 2.24) is 10.3 Å². The summed E-state index contributed by atoms with van der Waals surface area (Å²) in [6.07, 6.45) is -2.72. The molecule has 0 radical (unpaired) electrons. The van der Waals surface area contributed by atoms with Crippen molar-refractivity contribution in [2.45, 2.75) is 18.6 Å². The first-order chi connectivity index (χ1) is 7.97. The lowest BCUT2D eigenvalue weighted by atomic mass is 10.2. The number of aromatic nitrogens is 1. The van der Waals surface area contributed by atoms with Crippen molar-refractivity contribution >= 4 is 29.8 Å². The maximum absolute atomic E-state index is 12.4. The van der Waals surface area contributed by atoms with Crippen molar-refractivity contribution in [3.63, 3.8) is 0 Å². The number of nitrogens with one attached hydrogen (secondary N) is 2. The summed E-state index contributed by atoms with van der Waals surface area (Å²) in [7, 11) is 0. The van der Waals surface area contributed by atoms with Crippen molar-refractivity contribution in [3.05, 3.63) is 22.8 Å². The van der Waals surface area contributed by atoms with E-state index in [1.54, 1.807) is 0 Å². The molecule has 2 heterocycles. The van der Waals surface area contributed by atoms with Crippen LogP contribution in [-0.4, -0.2) is 24.1 Å². The highest BCUT2D eigenvalue weighted by molar-refractivity contribution is 6.33. The SMILES string of the molecule is Cl.FC(F)(F)c1cnc(NC2CCNC2)c(Cl)c1. The van der Waals surface area contributed by atoms with E-state index in [1.807, 2.05) is 0 Å². The van der Waals surface area contributed by atoms with Gasteiger partial charge in [-0.15, -0.1) is 12.4 Å². The predicted molar refractivity (Wildman–Crippen MR) is 66.4 cm³/mol. The van der Waals surface area contributed by atoms with Crippen molar-refractivity contribution in [3.8, 4) is 0 Å². The molecule has 0 aromatic carbocycles. The Morgan fingerprint density at radius 2 is 2.17 bits per heavy atom. The van der Waals surface area contributed by atoms with E-state index in [0.717, 1.165) is 31.8 Å². The van der Waals surface area contributed by atoms with Gasteiger partial charge in [-0.05, 0) is 19.0 Å². The minimum atomic E-state index is -4.41. The predicted octanol–water partition coefficient (Wildman–Crippen LogP) is 2.95. The Morgan fingerprint density at radius 3 is 2.67 bits per heavy atom. The monoisotopic (exact) mass is 301 g/mol. The zero-order valence-electron chi connectivity index (χ0n) is 9.22. The summed E-state index contributed by atoms with van der Waals surface area (Å²) in [5, 5.41) is 6.14. The van der Waals surface area contributed by atoms with Crippen molar-refractivity contribution in [1.29, 1.82) is 0 Å². The number of pyridine rings is 1. The smallest absolute Gasteiger partial charge is 0.365 e. The van der Waals surface area contributed by atoms with E-state index in [2.05, 4.69) is 15.6 Å². The fourth-order valence-electron chi connectivity index (χ4n) is 1.67. The number of hydrogen-bond donors (Lipinski definition) is 2. The Morgan fingerprint density at radius 1 is 1.44 bits per heavy atom. The maximum Gasteiger partial charge on any atom is 0.417 e. The number of alkyl halides is 3. The highest BCUT2D eigenvalue weighted by Crippen LogP contribution is 2.32. The molecule has 18 heavy (non-hydrogen) atoms. The first kappa shape index (κ1) is 15.3. The molecule has 1 aliphatic heterocycles. The summed E-state index contributed by atoms with van der Waals surface area (Å²) in [6, 6.07) is 1.05. The van der Waals surface area contributed by atoms with E-state index < -0.39 is 11.7 Å². The molecule has 0 saturated carbocycles. The molecule has 1 aromatic rings. The van der Waals surface area contributed by atoms with Crippen LogP contribution in [0.25, 0.3) is 0 Å². The Bertz CT molecular complexity index is 406. The first-order valence-corrected chi connectivity index (χ1v) is 5.54. The molecule has 1 saturated heterocycles. The van der Waals surface area contributed by atoms with Crippen LogP contribution in [-0.2, 0) is 6.18 Å². The zero-order valence-corrected chi connectivity index (χ0v) is 10.8. The zero-order chi connectivity index (χ0) is 12.5. The number of hydrogen-bond acceptors (Lipinski definition) is 3. The molecule has 8 heteroatoms. The molecule has 0 aliphatic carbocycles. The fourth-order valence-corrected chi connectivity index (χ4v) is 1.89. The second kappa shape index (κ2) is 5.95. The van der Waals surface area contributed by atoms with E-state index in [-0.39, 0.29) is 23.5 Å². The molecule has 2 N–H and O–H groups in total. The maximum atomic E-state index is 12.4. The lowest BCUT2D eigenvalue weighted by Gasteiger charge is -2.14. The summed E-state index contributed by atoms with van der Waals surface area (Å²) in [4.78, 5) is 3.72. The molecule has 1 unspecified atom stereocenters. The molecule has 1 aromatic heterocycles. The van der Waals surface area contributed by atoms with Gasteiger partial charge in [0.25, 0.3) is 0 Å². The lowest BCUT2D eigenvalue weighted by Crippen LogP contribution is -2.23. The van der Waals surface area contributed by atoms with Gasteiger partial charge in [0.15, 0.2) is 0 Å². The minimum Gasteiger partial charge on any atom is -0.365 e. The van der Waals surface area contributed by atoms with Crippen LogP contribution >= 0.6 is 24.0 Å².